The first-order chi connectivity index (χ1) is 16.9. The van der Waals surface area contributed by atoms with Gasteiger partial charge < -0.3 is 10.1 Å². The number of benzene rings is 3. The highest BCUT2D eigenvalue weighted by Gasteiger charge is 2.20. The van der Waals surface area contributed by atoms with Gasteiger partial charge in [-0.1, -0.05) is 30.9 Å². The van der Waals surface area contributed by atoms with E-state index in [0.29, 0.717) is 28.9 Å². The van der Waals surface area contributed by atoms with Crippen LogP contribution in [-0.2, 0) is 21.1 Å². The lowest BCUT2D eigenvalue weighted by atomic mass is 10.1. The predicted octanol–water partition coefficient (Wildman–Crippen LogP) is 5.29. The Morgan fingerprint density at radius 3 is 2.17 bits per heavy atom. The average molecular weight is 516 g/mol. The Bertz CT molecular complexity index is 1420. The summed E-state index contributed by atoms with van der Waals surface area (Å²) in [6, 6.07) is 13.9. The molecule has 0 aliphatic heterocycles. The van der Waals surface area contributed by atoms with Gasteiger partial charge in [0.25, 0.3) is 0 Å². The minimum absolute atomic E-state index is 0.00447. The monoisotopic (exact) mass is 515 g/mol. The Morgan fingerprint density at radius 1 is 0.944 bits per heavy atom. The summed E-state index contributed by atoms with van der Waals surface area (Å²) in [7, 11) is -3.30. The number of sulfone groups is 1. The van der Waals surface area contributed by atoms with Gasteiger partial charge in [-0.05, 0) is 55.8 Å². The Morgan fingerprint density at radius 2 is 1.56 bits per heavy atom. The zero-order valence-electron chi connectivity index (χ0n) is 19.9. The maximum atomic E-state index is 13.9. The van der Waals surface area contributed by atoms with Gasteiger partial charge in [-0.2, -0.15) is 0 Å². The van der Waals surface area contributed by atoms with E-state index in [2.05, 4.69) is 17.2 Å². The van der Waals surface area contributed by atoms with E-state index in [-0.39, 0.29) is 23.0 Å². The molecule has 1 N–H and O–H groups in total. The highest BCUT2D eigenvalue weighted by Crippen LogP contribution is 2.25. The molecule has 0 bridgehead atoms. The molecule has 0 aliphatic rings. The van der Waals surface area contributed by atoms with Crippen molar-refractivity contribution in [2.24, 2.45) is 0 Å². The molecule has 0 atom stereocenters. The van der Waals surface area contributed by atoms with E-state index in [9.17, 15) is 26.4 Å². The number of hydrogen-bond donors (Lipinski definition) is 1. The van der Waals surface area contributed by atoms with Gasteiger partial charge in [-0.15, -0.1) is 0 Å². The Labute approximate surface area is 208 Å². The van der Waals surface area contributed by atoms with Gasteiger partial charge in [0.1, 0.15) is 0 Å². The molecule has 5 nitrogen and oxygen atoms in total. The second kappa shape index (κ2) is 10.9. The van der Waals surface area contributed by atoms with Crippen molar-refractivity contribution in [2.45, 2.75) is 37.7 Å². The van der Waals surface area contributed by atoms with Gasteiger partial charge in [0.15, 0.2) is 38.6 Å². The number of anilines is 1. The van der Waals surface area contributed by atoms with Crippen LogP contribution in [0.3, 0.4) is 0 Å². The minimum atomic E-state index is -3.30. The second-order valence-corrected chi connectivity index (χ2v) is 10.7. The average Bonchev–Trinajstić information content (AvgIpc) is 2.82. The number of carbonyl (C=O) groups is 1. The molecule has 0 radical (unpaired) electrons. The van der Waals surface area contributed by atoms with Crippen LogP contribution >= 0.6 is 0 Å². The minimum Gasteiger partial charge on any atom is -0.472 e. The summed E-state index contributed by atoms with van der Waals surface area (Å²) in [5, 5.41) is 2.76. The Hall–Kier alpha value is -3.77. The summed E-state index contributed by atoms with van der Waals surface area (Å²) in [4.78, 5) is 12.6. The first-order valence-electron chi connectivity index (χ1n) is 11.0. The molecule has 3 aromatic carbocycles. The van der Waals surface area contributed by atoms with Crippen LogP contribution in [0, 0.1) is 29.3 Å². The second-order valence-electron chi connectivity index (χ2n) is 8.41. The number of rotatable bonds is 7. The summed E-state index contributed by atoms with van der Waals surface area (Å²) in [5.41, 5.74) is 0.590. The lowest BCUT2D eigenvalue weighted by molar-refractivity contribution is -0.115. The summed E-state index contributed by atoms with van der Waals surface area (Å²) in [6.07, 6.45) is 0.0695. The fourth-order valence-electron chi connectivity index (χ4n) is 3.11. The number of amides is 1. The molecule has 0 heterocycles. The molecule has 0 aromatic heterocycles. The largest absolute Gasteiger partial charge is 0.472 e. The van der Waals surface area contributed by atoms with E-state index >= 15 is 0 Å². The zero-order valence-corrected chi connectivity index (χ0v) is 20.7. The van der Waals surface area contributed by atoms with Crippen LogP contribution in [0.25, 0.3) is 0 Å². The predicted molar refractivity (Wildman–Crippen MR) is 131 cm³/mol. The fraction of sp³-hybridized carbons (Fsp3) is 0.222. The highest BCUT2D eigenvalue weighted by atomic mass is 32.2. The lowest BCUT2D eigenvalue weighted by Gasteiger charge is -2.20. The summed E-state index contributed by atoms with van der Waals surface area (Å²) >= 11 is 0. The maximum absolute atomic E-state index is 13.9. The quantitative estimate of drug-likeness (QED) is 0.343. The molecular weight excluding hydrogens is 491 g/mol. The third kappa shape index (κ3) is 7.12. The van der Waals surface area contributed by atoms with Crippen LogP contribution in [0.5, 0.6) is 5.75 Å². The van der Waals surface area contributed by atoms with Crippen LogP contribution in [0.2, 0.25) is 0 Å². The summed E-state index contributed by atoms with van der Waals surface area (Å²) < 4.78 is 69.5. The molecule has 0 aliphatic carbocycles. The Kier molecular flexibility index (Phi) is 8.10. The van der Waals surface area contributed by atoms with Crippen molar-refractivity contribution in [1.29, 1.82) is 0 Å². The van der Waals surface area contributed by atoms with E-state index in [1.165, 1.54) is 12.1 Å². The van der Waals surface area contributed by atoms with E-state index < -0.39 is 38.6 Å². The van der Waals surface area contributed by atoms with Gasteiger partial charge in [0.05, 0.1) is 17.1 Å². The Balaban J connectivity index is 1.60. The molecule has 0 saturated heterocycles. The van der Waals surface area contributed by atoms with Crippen LogP contribution in [0.1, 0.15) is 31.9 Å². The van der Waals surface area contributed by atoms with Crippen molar-refractivity contribution >= 4 is 21.4 Å². The number of nitrogens with one attached hydrogen (secondary N) is 1. The molecule has 188 valence electrons. The van der Waals surface area contributed by atoms with E-state index in [4.69, 9.17) is 4.74 Å². The van der Waals surface area contributed by atoms with E-state index in [1.54, 1.807) is 57.2 Å². The molecular formula is C27H24F3NO4S. The van der Waals surface area contributed by atoms with E-state index in [0.717, 1.165) is 0 Å². The van der Waals surface area contributed by atoms with Gasteiger partial charge in [-0.25, -0.2) is 21.6 Å². The third-order valence-corrected chi connectivity index (χ3v) is 6.79. The maximum Gasteiger partial charge on any atom is 0.228 e. The van der Waals surface area contributed by atoms with Gasteiger partial charge >= 0.3 is 0 Å². The molecule has 36 heavy (non-hydrogen) atoms. The fourth-order valence-corrected chi connectivity index (χ4v) is 4.00. The first kappa shape index (κ1) is 26.8. The number of hydrogen-bond acceptors (Lipinski definition) is 4. The zero-order chi connectivity index (χ0) is 26.5. The first-order valence-corrected chi connectivity index (χ1v) is 12.6. The van der Waals surface area contributed by atoms with Crippen molar-refractivity contribution < 1.29 is 31.1 Å². The molecule has 0 saturated carbocycles. The molecule has 9 heteroatoms. The lowest BCUT2D eigenvalue weighted by Crippen LogP contribution is -2.26. The molecule has 3 rings (SSSR count). The number of ether oxygens (including phenoxy) is 1. The third-order valence-electron chi connectivity index (χ3n) is 5.04. The SMILES string of the molecule is CCS(=O)(=O)c1ccc(CC(=O)Nc2ccc(C#CC(C)(C)Oc3cc(F)c(F)cc3F)cc2)cc1. The van der Waals surface area contributed by atoms with Gasteiger partial charge in [0.2, 0.25) is 5.91 Å². The van der Waals surface area contributed by atoms with Crippen LogP contribution < -0.4 is 10.1 Å². The van der Waals surface area contributed by atoms with Crippen molar-refractivity contribution in [3.05, 3.63) is 89.2 Å². The molecule has 3 aromatic rings. The van der Waals surface area contributed by atoms with E-state index in [1.807, 2.05) is 0 Å². The number of halogens is 3. The van der Waals surface area contributed by atoms with Crippen LogP contribution in [-0.4, -0.2) is 25.7 Å². The van der Waals surface area contributed by atoms with Crippen LogP contribution in [0.4, 0.5) is 18.9 Å². The van der Waals surface area contributed by atoms with Gasteiger partial charge in [0, 0.05) is 23.4 Å². The normalized spacial score (nSPS) is 11.4. The smallest absolute Gasteiger partial charge is 0.228 e. The van der Waals surface area contributed by atoms with Crippen molar-refractivity contribution in [3.8, 4) is 17.6 Å². The van der Waals surface area contributed by atoms with Crippen molar-refractivity contribution in [3.63, 3.8) is 0 Å². The molecule has 1 amide bonds. The molecule has 0 unspecified atom stereocenters. The topological polar surface area (TPSA) is 72.5 Å². The summed E-state index contributed by atoms with van der Waals surface area (Å²) in [6.45, 7) is 4.68. The standard InChI is InChI=1S/C27H24F3NO4S/c1-4-36(33,34)21-11-7-19(8-12-21)15-26(32)31-20-9-5-18(6-10-20)13-14-27(2,3)35-25-17-23(29)22(28)16-24(25)30/h5-12,16-17H,4,15H2,1-3H3,(H,31,32). The summed E-state index contributed by atoms with van der Waals surface area (Å²) in [5.74, 6) is 1.38. The van der Waals surface area contributed by atoms with Crippen molar-refractivity contribution in [1.82, 2.24) is 0 Å². The number of carbonyl (C=O) groups excluding carboxylic acids is 1. The molecule has 0 fully saturated rings. The highest BCUT2D eigenvalue weighted by molar-refractivity contribution is 7.91. The van der Waals surface area contributed by atoms with Gasteiger partial charge in [-0.3, -0.25) is 4.79 Å². The molecule has 0 spiro atoms. The van der Waals surface area contributed by atoms with Crippen molar-refractivity contribution in [2.75, 3.05) is 11.1 Å². The van der Waals surface area contributed by atoms with Crippen LogP contribution in [0.15, 0.2) is 65.6 Å².